The molecule has 2 aromatic rings. The van der Waals surface area contributed by atoms with E-state index in [-0.39, 0.29) is 10.1 Å². The average molecular weight is 276 g/mol. The summed E-state index contributed by atoms with van der Waals surface area (Å²) in [6, 6.07) is 7.59. The van der Waals surface area contributed by atoms with Gasteiger partial charge in [-0.2, -0.15) is 0 Å². The molecule has 0 aliphatic carbocycles. The van der Waals surface area contributed by atoms with Crippen molar-refractivity contribution in [3.63, 3.8) is 0 Å². The molecule has 2 heterocycles. The number of aromatic nitrogens is 1. The fraction of sp³-hybridized carbons (Fsp3) is 0.357. The first kappa shape index (κ1) is 12.6. The molecule has 1 aromatic carbocycles. The number of carbonyl (C=O) groups is 1. The van der Waals surface area contributed by atoms with Crippen LogP contribution in [-0.2, 0) is 4.79 Å². The van der Waals surface area contributed by atoms with Crippen LogP contribution < -0.4 is 5.32 Å². The Balaban J connectivity index is 2.00. The fourth-order valence-corrected chi connectivity index (χ4v) is 4.07. The maximum atomic E-state index is 11.3. The van der Waals surface area contributed by atoms with Crippen molar-refractivity contribution in [2.75, 3.05) is 0 Å². The van der Waals surface area contributed by atoms with Crippen molar-refractivity contribution in [2.24, 2.45) is 0 Å². The lowest BCUT2D eigenvalue weighted by Crippen LogP contribution is -2.43. The van der Waals surface area contributed by atoms with Gasteiger partial charge in [0.15, 0.2) is 0 Å². The summed E-state index contributed by atoms with van der Waals surface area (Å²) in [5.74, 6) is -0.791. The van der Waals surface area contributed by atoms with Crippen LogP contribution in [0, 0.1) is 0 Å². The summed E-state index contributed by atoms with van der Waals surface area (Å²) in [5, 5.41) is 13.7. The summed E-state index contributed by atoms with van der Waals surface area (Å²) < 4.78 is -0.324. The molecule has 3 rings (SSSR count). The van der Waals surface area contributed by atoms with Crippen molar-refractivity contribution in [3.8, 4) is 0 Å². The highest BCUT2D eigenvalue weighted by molar-refractivity contribution is 8.01. The van der Waals surface area contributed by atoms with Crippen LogP contribution in [0.1, 0.15) is 24.8 Å². The zero-order valence-electron chi connectivity index (χ0n) is 10.8. The van der Waals surface area contributed by atoms with Gasteiger partial charge >= 0.3 is 5.97 Å². The second-order valence-electron chi connectivity index (χ2n) is 5.33. The van der Waals surface area contributed by atoms with E-state index in [1.807, 2.05) is 38.2 Å². The Morgan fingerprint density at radius 2 is 2.16 bits per heavy atom. The molecule has 0 unspecified atom stereocenters. The molecule has 1 saturated heterocycles. The van der Waals surface area contributed by atoms with E-state index in [0.717, 1.165) is 16.5 Å². The zero-order chi connectivity index (χ0) is 13.6. The van der Waals surface area contributed by atoms with Gasteiger partial charge in [-0.25, -0.2) is 0 Å². The number of carboxylic acids is 1. The van der Waals surface area contributed by atoms with Gasteiger partial charge in [0, 0.05) is 21.8 Å². The Morgan fingerprint density at radius 3 is 2.84 bits per heavy atom. The molecule has 2 atom stereocenters. The average Bonchev–Trinajstić information content (AvgIpc) is 2.91. The molecular weight excluding hydrogens is 260 g/mol. The van der Waals surface area contributed by atoms with E-state index in [9.17, 15) is 9.90 Å². The smallest absolute Gasteiger partial charge is 0.322 e. The number of benzene rings is 1. The van der Waals surface area contributed by atoms with Crippen LogP contribution in [0.5, 0.6) is 0 Å². The molecular formula is C14H16N2O2S. The molecule has 0 bridgehead atoms. The zero-order valence-corrected chi connectivity index (χ0v) is 11.6. The Morgan fingerprint density at radius 1 is 1.37 bits per heavy atom. The van der Waals surface area contributed by atoms with Crippen molar-refractivity contribution >= 4 is 28.6 Å². The SMILES string of the molecule is CC1(C)S[C@H](c2cccc3[nH]ccc23)N[C@H]1C(=O)O. The summed E-state index contributed by atoms with van der Waals surface area (Å²) >= 11 is 1.67. The van der Waals surface area contributed by atoms with Gasteiger partial charge in [0.2, 0.25) is 0 Å². The molecule has 1 aromatic heterocycles. The number of thioether (sulfide) groups is 1. The Kier molecular flexibility index (Phi) is 2.83. The Bertz CT molecular complexity index is 635. The van der Waals surface area contributed by atoms with Crippen molar-refractivity contribution in [1.82, 2.24) is 10.3 Å². The fourth-order valence-electron chi connectivity index (χ4n) is 2.62. The highest BCUT2D eigenvalue weighted by atomic mass is 32.2. The molecule has 3 N–H and O–H groups in total. The van der Waals surface area contributed by atoms with Gasteiger partial charge in [-0.05, 0) is 31.5 Å². The second kappa shape index (κ2) is 4.28. The van der Waals surface area contributed by atoms with E-state index in [4.69, 9.17) is 0 Å². The minimum atomic E-state index is -0.791. The number of carboxylic acid groups (broad SMARTS) is 1. The van der Waals surface area contributed by atoms with Crippen LogP contribution in [0.2, 0.25) is 0 Å². The van der Waals surface area contributed by atoms with Crippen LogP contribution in [0.15, 0.2) is 30.5 Å². The Labute approximate surface area is 115 Å². The number of rotatable bonds is 2. The third-order valence-electron chi connectivity index (χ3n) is 3.59. The lowest BCUT2D eigenvalue weighted by Gasteiger charge is -2.20. The highest BCUT2D eigenvalue weighted by Gasteiger charge is 2.45. The minimum Gasteiger partial charge on any atom is -0.480 e. The molecule has 1 aliphatic rings. The van der Waals surface area contributed by atoms with Crippen LogP contribution in [0.25, 0.3) is 10.9 Å². The predicted octanol–water partition coefficient (Wildman–Crippen LogP) is 2.73. The second-order valence-corrected chi connectivity index (χ2v) is 7.08. The lowest BCUT2D eigenvalue weighted by molar-refractivity contribution is -0.139. The van der Waals surface area contributed by atoms with Gasteiger partial charge in [0.1, 0.15) is 6.04 Å². The van der Waals surface area contributed by atoms with Gasteiger partial charge in [-0.1, -0.05) is 12.1 Å². The molecule has 0 saturated carbocycles. The van der Waals surface area contributed by atoms with E-state index < -0.39 is 12.0 Å². The van der Waals surface area contributed by atoms with E-state index in [2.05, 4.69) is 16.4 Å². The molecule has 5 heteroatoms. The summed E-state index contributed by atoms with van der Waals surface area (Å²) in [7, 11) is 0. The molecule has 0 amide bonds. The van der Waals surface area contributed by atoms with E-state index in [1.54, 1.807) is 11.8 Å². The van der Waals surface area contributed by atoms with Crippen LogP contribution in [0.3, 0.4) is 0 Å². The summed E-state index contributed by atoms with van der Waals surface area (Å²) in [4.78, 5) is 14.5. The summed E-state index contributed by atoms with van der Waals surface area (Å²) in [6.07, 6.45) is 1.91. The minimum absolute atomic E-state index is 0.00981. The van der Waals surface area contributed by atoms with Gasteiger partial charge < -0.3 is 10.1 Å². The summed E-state index contributed by atoms with van der Waals surface area (Å²) in [5.41, 5.74) is 2.22. The Hall–Kier alpha value is -1.46. The third kappa shape index (κ3) is 2.03. The highest BCUT2D eigenvalue weighted by Crippen LogP contribution is 2.47. The monoisotopic (exact) mass is 276 g/mol. The van der Waals surface area contributed by atoms with Crippen molar-refractivity contribution in [3.05, 3.63) is 36.0 Å². The maximum Gasteiger partial charge on any atom is 0.322 e. The molecule has 19 heavy (non-hydrogen) atoms. The van der Waals surface area contributed by atoms with Crippen LogP contribution in [0.4, 0.5) is 0 Å². The number of fused-ring (bicyclic) bond motifs is 1. The third-order valence-corrected chi connectivity index (χ3v) is 5.06. The molecule has 4 nitrogen and oxygen atoms in total. The van der Waals surface area contributed by atoms with Crippen molar-refractivity contribution < 1.29 is 9.90 Å². The van der Waals surface area contributed by atoms with Gasteiger partial charge in [-0.15, -0.1) is 11.8 Å². The normalized spacial score (nSPS) is 25.8. The van der Waals surface area contributed by atoms with Crippen LogP contribution >= 0.6 is 11.8 Å². The van der Waals surface area contributed by atoms with Crippen LogP contribution in [-0.4, -0.2) is 26.8 Å². The number of nitrogens with one attached hydrogen (secondary N) is 2. The van der Waals surface area contributed by atoms with Gasteiger partial charge in [0.05, 0.1) is 5.37 Å². The first-order valence-electron chi connectivity index (χ1n) is 6.22. The number of aromatic amines is 1. The quantitative estimate of drug-likeness (QED) is 0.789. The molecule has 100 valence electrons. The molecule has 0 spiro atoms. The lowest BCUT2D eigenvalue weighted by atomic mass is 10.0. The number of aliphatic carboxylic acids is 1. The molecule has 1 aliphatic heterocycles. The van der Waals surface area contributed by atoms with Gasteiger partial charge in [-0.3, -0.25) is 10.1 Å². The van der Waals surface area contributed by atoms with E-state index in [0.29, 0.717) is 0 Å². The standard InChI is InChI=1S/C14H16N2O2S/c1-14(2)11(13(17)18)16-12(19-14)9-4-3-5-10-8(9)6-7-15-10/h3-7,11-12,15-16H,1-2H3,(H,17,18)/t11-,12+/m0/s1. The van der Waals surface area contributed by atoms with E-state index in [1.165, 1.54) is 0 Å². The topological polar surface area (TPSA) is 65.1 Å². The first-order valence-corrected chi connectivity index (χ1v) is 7.10. The van der Waals surface area contributed by atoms with Gasteiger partial charge in [0.25, 0.3) is 0 Å². The molecule has 1 fully saturated rings. The summed E-state index contributed by atoms with van der Waals surface area (Å²) in [6.45, 7) is 3.95. The molecule has 0 radical (unpaired) electrons. The van der Waals surface area contributed by atoms with Crippen molar-refractivity contribution in [1.29, 1.82) is 0 Å². The predicted molar refractivity (Wildman–Crippen MR) is 77.3 cm³/mol. The first-order chi connectivity index (χ1) is 8.99. The number of hydrogen-bond donors (Lipinski definition) is 3. The maximum absolute atomic E-state index is 11.3. The number of H-pyrrole nitrogens is 1. The van der Waals surface area contributed by atoms with Crippen molar-refractivity contribution in [2.45, 2.75) is 30.0 Å². The largest absolute Gasteiger partial charge is 0.480 e. The number of hydrogen-bond acceptors (Lipinski definition) is 3. The van der Waals surface area contributed by atoms with E-state index >= 15 is 0 Å².